The molecule has 0 radical (unpaired) electrons. The first-order valence-corrected chi connectivity index (χ1v) is 6.82. The van der Waals surface area contributed by atoms with Crippen LogP contribution in [0.5, 0.6) is 0 Å². The predicted molar refractivity (Wildman–Crippen MR) is 79.3 cm³/mol. The Hall–Kier alpha value is -2.21. The Bertz CT molecular complexity index is 594. The topological polar surface area (TPSA) is 50.2 Å². The van der Waals surface area contributed by atoms with Gasteiger partial charge in [-0.25, -0.2) is 4.39 Å². The van der Waals surface area contributed by atoms with Crippen molar-refractivity contribution >= 4 is 11.6 Å². The number of anilines is 1. The highest BCUT2D eigenvalue weighted by Gasteiger charge is 2.08. The summed E-state index contributed by atoms with van der Waals surface area (Å²) >= 11 is 0. The molecule has 0 spiro atoms. The number of hydrogen-bond acceptors (Lipinski definition) is 3. The van der Waals surface area contributed by atoms with Crippen LogP contribution in [-0.2, 0) is 17.9 Å². The highest BCUT2D eigenvalue weighted by Crippen LogP contribution is 2.08. The molecule has 112 valence electrons. The fourth-order valence-electron chi connectivity index (χ4n) is 2.01. The molecule has 0 aliphatic heterocycles. The highest BCUT2D eigenvalue weighted by atomic mass is 19.1. The molecule has 0 fully saturated rings. The van der Waals surface area contributed by atoms with Crippen molar-refractivity contribution in [1.29, 1.82) is 0 Å². The monoisotopic (exact) mass is 290 g/mol. The number of aryl methyl sites for hydroxylation is 1. The number of nitrogens with one attached hydrogen (secondary N) is 1. The maximum Gasteiger partial charge on any atom is 0.238 e. The molecule has 6 heteroatoms. The molecule has 0 saturated heterocycles. The van der Waals surface area contributed by atoms with Gasteiger partial charge in [0.05, 0.1) is 12.7 Å². The summed E-state index contributed by atoms with van der Waals surface area (Å²) in [4.78, 5) is 13.8. The second-order valence-corrected chi connectivity index (χ2v) is 4.93. The lowest BCUT2D eigenvalue weighted by molar-refractivity contribution is -0.117. The van der Waals surface area contributed by atoms with Crippen LogP contribution in [0.4, 0.5) is 10.1 Å². The zero-order chi connectivity index (χ0) is 15.2. The molecule has 1 aromatic heterocycles. The molecule has 1 N–H and O–H groups in total. The minimum absolute atomic E-state index is 0.132. The summed E-state index contributed by atoms with van der Waals surface area (Å²) in [6.45, 7) is 3.76. The van der Waals surface area contributed by atoms with Crippen LogP contribution in [0, 0.1) is 5.82 Å². The Morgan fingerprint density at radius 2 is 2.10 bits per heavy atom. The second kappa shape index (κ2) is 6.99. The summed E-state index contributed by atoms with van der Waals surface area (Å²) in [5.41, 5.74) is 1.66. The van der Waals surface area contributed by atoms with E-state index in [0.717, 1.165) is 12.1 Å². The van der Waals surface area contributed by atoms with Gasteiger partial charge in [-0.3, -0.25) is 14.4 Å². The first kappa shape index (κ1) is 15.2. The number of aromatic nitrogens is 2. The lowest BCUT2D eigenvalue weighted by Gasteiger charge is -2.15. The Morgan fingerprint density at radius 1 is 1.38 bits per heavy atom. The summed E-state index contributed by atoms with van der Waals surface area (Å²) in [6, 6.07) is 5.72. The third-order valence-corrected chi connectivity index (χ3v) is 3.00. The summed E-state index contributed by atoms with van der Waals surface area (Å²) in [6.07, 6.45) is 3.77. The number of likely N-dealkylation sites (N-methyl/N-ethyl adjacent to an activating group) is 1. The smallest absolute Gasteiger partial charge is 0.238 e. The SMILES string of the molecule is CCn1cc(CN(C)CC(=O)Nc2ccc(F)cc2)cn1. The first-order chi connectivity index (χ1) is 10.1. The van der Waals surface area contributed by atoms with Gasteiger partial charge in [-0.2, -0.15) is 5.10 Å². The molecular weight excluding hydrogens is 271 g/mol. The largest absolute Gasteiger partial charge is 0.325 e. The van der Waals surface area contributed by atoms with Crippen LogP contribution in [0.1, 0.15) is 12.5 Å². The number of carbonyl (C=O) groups is 1. The maximum absolute atomic E-state index is 12.8. The fourth-order valence-corrected chi connectivity index (χ4v) is 2.01. The summed E-state index contributed by atoms with van der Waals surface area (Å²) in [5.74, 6) is -0.454. The summed E-state index contributed by atoms with van der Waals surface area (Å²) in [5, 5.41) is 6.93. The van der Waals surface area contributed by atoms with E-state index in [1.165, 1.54) is 12.1 Å². The number of halogens is 1. The van der Waals surface area contributed by atoms with Crippen LogP contribution >= 0.6 is 0 Å². The average molecular weight is 290 g/mol. The molecule has 0 atom stereocenters. The first-order valence-electron chi connectivity index (χ1n) is 6.82. The molecule has 0 aliphatic rings. The molecule has 0 saturated carbocycles. The number of nitrogens with zero attached hydrogens (tertiary/aromatic N) is 3. The van der Waals surface area contributed by atoms with Crippen molar-refractivity contribution in [2.45, 2.75) is 20.0 Å². The van der Waals surface area contributed by atoms with E-state index in [9.17, 15) is 9.18 Å². The van der Waals surface area contributed by atoms with E-state index < -0.39 is 0 Å². The van der Waals surface area contributed by atoms with Gasteiger partial charge >= 0.3 is 0 Å². The standard InChI is InChI=1S/C15H19FN4O/c1-3-20-10-12(8-17-20)9-19(2)11-15(21)18-14-6-4-13(16)5-7-14/h4-8,10H,3,9,11H2,1-2H3,(H,18,21). The minimum Gasteiger partial charge on any atom is -0.325 e. The molecule has 21 heavy (non-hydrogen) atoms. The number of amides is 1. The van der Waals surface area contributed by atoms with E-state index in [-0.39, 0.29) is 18.3 Å². The number of hydrogen-bond donors (Lipinski definition) is 1. The maximum atomic E-state index is 12.8. The van der Waals surface area contributed by atoms with Crippen molar-refractivity contribution in [3.05, 3.63) is 48.0 Å². The van der Waals surface area contributed by atoms with Crippen molar-refractivity contribution in [3.63, 3.8) is 0 Å². The van der Waals surface area contributed by atoms with Gasteiger partial charge in [0.25, 0.3) is 0 Å². The normalized spacial score (nSPS) is 10.9. The molecule has 1 aromatic carbocycles. The highest BCUT2D eigenvalue weighted by molar-refractivity contribution is 5.92. The zero-order valence-corrected chi connectivity index (χ0v) is 12.2. The lowest BCUT2D eigenvalue weighted by atomic mass is 10.3. The minimum atomic E-state index is -0.321. The molecule has 0 aliphatic carbocycles. The Balaban J connectivity index is 1.82. The van der Waals surface area contributed by atoms with E-state index >= 15 is 0 Å². The van der Waals surface area contributed by atoms with Crippen molar-refractivity contribution in [3.8, 4) is 0 Å². The Kier molecular flexibility index (Phi) is 5.05. The average Bonchev–Trinajstić information content (AvgIpc) is 2.88. The lowest BCUT2D eigenvalue weighted by Crippen LogP contribution is -2.29. The van der Waals surface area contributed by atoms with Crippen molar-refractivity contribution in [2.75, 3.05) is 18.9 Å². The predicted octanol–water partition coefficient (Wildman–Crippen LogP) is 2.11. The molecule has 0 unspecified atom stereocenters. The number of carbonyl (C=O) groups excluding carboxylic acids is 1. The van der Waals surface area contributed by atoms with Crippen LogP contribution in [-0.4, -0.2) is 34.2 Å². The quantitative estimate of drug-likeness (QED) is 0.886. The molecule has 1 heterocycles. The molecule has 5 nitrogen and oxygen atoms in total. The van der Waals surface area contributed by atoms with Gasteiger partial charge in [-0.05, 0) is 38.2 Å². The van der Waals surface area contributed by atoms with Crippen LogP contribution in [0.15, 0.2) is 36.7 Å². The van der Waals surface area contributed by atoms with Gasteiger partial charge < -0.3 is 5.32 Å². The van der Waals surface area contributed by atoms with Crippen molar-refractivity contribution in [2.24, 2.45) is 0 Å². The summed E-state index contributed by atoms with van der Waals surface area (Å²) < 4.78 is 14.6. The van der Waals surface area contributed by atoms with E-state index in [0.29, 0.717) is 12.2 Å². The fraction of sp³-hybridized carbons (Fsp3) is 0.333. The van der Waals surface area contributed by atoms with Gasteiger partial charge in [-0.15, -0.1) is 0 Å². The molecule has 1 amide bonds. The van der Waals surface area contributed by atoms with Crippen molar-refractivity contribution < 1.29 is 9.18 Å². The van der Waals surface area contributed by atoms with E-state index in [4.69, 9.17) is 0 Å². The third-order valence-electron chi connectivity index (χ3n) is 3.00. The Morgan fingerprint density at radius 3 is 2.71 bits per heavy atom. The number of rotatable bonds is 6. The van der Waals surface area contributed by atoms with Gasteiger partial charge in [-0.1, -0.05) is 0 Å². The van der Waals surface area contributed by atoms with Crippen LogP contribution in [0.3, 0.4) is 0 Å². The van der Waals surface area contributed by atoms with Crippen LogP contribution in [0.25, 0.3) is 0 Å². The molecule has 2 rings (SSSR count). The van der Waals surface area contributed by atoms with Crippen LogP contribution < -0.4 is 5.32 Å². The van der Waals surface area contributed by atoms with E-state index in [1.54, 1.807) is 18.3 Å². The van der Waals surface area contributed by atoms with E-state index in [1.807, 2.05) is 29.7 Å². The van der Waals surface area contributed by atoms with Crippen molar-refractivity contribution in [1.82, 2.24) is 14.7 Å². The molecule has 2 aromatic rings. The third kappa shape index (κ3) is 4.68. The van der Waals surface area contributed by atoms with Crippen LogP contribution in [0.2, 0.25) is 0 Å². The second-order valence-electron chi connectivity index (χ2n) is 4.93. The van der Waals surface area contributed by atoms with E-state index in [2.05, 4.69) is 10.4 Å². The van der Waals surface area contributed by atoms with Gasteiger partial charge in [0.15, 0.2) is 0 Å². The summed E-state index contributed by atoms with van der Waals surface area (Å²) in [7, 11) is 1.87. The van der Waals surface area contributed by atoms with Gasteiger partial charge in [0.1, 0.15) is 5.82 Å². The number of benzene rings is 1. The molecule has 0 bridgehead atoms. The Labute approximate surface area is 123 Å². The van der Waals surface area contributed by atoms with Gasteiger partial charge in [0.2, 0.25) is 5.91 Å². The van der Waals surface area contributed by atoms with Gasteiger partial charge in [0, 0.05) is 30.5 Å². The zero-order valence-electron chi connectivity index (χ0n) is 12.2. The molecular formula is C15H19FN4O.